The third-order valence-electron chi connectivity index (χ3n) is 3.95. The summed E-state index contributed by atoms with van der Waals surface area (Å²) in [5.41, 5.74) is 2.14. The average molecular weight is 397 g/mol. The van der Waals surface area contributed by atoms with E-state index in [4.69, 9.17) is 20.8 Å². The SMILES string of the molecule is COc1cc(-n2cnnn2)c(Cl)cc1C(=O)Nc1cccc(-c2cnco2)c1. The monoisotopic (exact) mass is 396 g/mol. The largest absolute Gasteiger partial charge is 0.496 e. The molecule has 4 rings (SSSR count). The molecule has 0 saturated heterocycles. The number of halogens is 1. The fraction of sp³-hybridized carbons (Fsp3) is 0.0556. The Morgan fingerprint density at radius 1 is 1.29 bits per heavy atom. The van der Waals surface area contributed by atoms with E-state index in [9.17, 15) is 4.79 Å². The summed E-state index contributed by atoms with van der Waals surface area (Å²) >= 11 is 6.32. The number of benzene rings is 2. The van der Waals surface area contributed by atoms with Crippen LogP contribution in [0.2, 0.25) is 5.02 Å². The van der Waals surface area contributed by atoms with Crippen LogP contribution in [0.15, 0.2) is 59.7 Å². The van der Waals surface area contributed by atoms with Crippen LogP contribution in [-0.2, 0) is 0 Å². The van der Waals surface area contributed by atoms with Gasteiger partial charge in [-0.2, -0.15) is 4.68 Å². The second-order valence-electron chi connectivity index (χ2n) is 5.66. The standard InChI is InChI=1S/C18H13ClN6O3/c1-27-16-7-15(25-9-21-23-24-25)14(19)6-13(16)18(26)22-12-4-2-3-11(5-12)17-8-20-10-28-17/h2-10H,1H3,(H,22,26). The van der Waals surface area contributed by atoms with Gasteiger partial charge in [0.05, 0.1) is 29.6 Å². The molecule has 2 aromatic heterocycles. The molecule has 4 aromatic rings. The van der Waals surface area contributed by atoms with E-state index in [-0.39, 0.29) is 11.5 Å². The second-order valence-corrected chi connectivity index (χ2v) is 6.07. The topological polar surface area (TPSA) is 108 Å². The van der Waals surface area contributed by atoms with Gasteiger partial charge >= 0.3 is 0 Å². The van der Waals surface area contributed by atoms with Crippen LogP contribution >= 0.6 is 11.6 Å². The zero-order valence-corrected chi connectivity index (χ0v) is 15.3. The van der Waals surface area contributed by atoms with Gasteiger partial charge < -0.3 is 14.5 Å². The van der Waals surface area contributed by atoms with Crippen molar-refractivity contribution >= 4 is 23.2 Å². The van der Waals surface area contributed by atoms with Gasteiger partial charge in [0.25, 0.3) is 5.91 Å². The molecule has 1 amide bonds. The first-order valence-electron chi connectivity index (χ1n) is 8.07. The molecule has 0 aliphatic heterocycles. The molecule has 140 valence electrons. The van der Waals surface area contributed by atoms with Gasteiger partial charge in [0, 0.05) is 17.3 Å². The molecule has 0 aliphatic carbocycles. The molecule has 2 heterocycles. The molecular formula is C18H13ClN6O3. The number of nitrogens with one attached hydrogen (secondary N) is 1. The maximum Gasteiger partial charge on any atom is 0.259 e. The van der Waals surface area contributed by atoms with Crippen molar-refractivity contribution in [3.8, 4) is 22.8 Å². The lowest BCUT2D eigenvalue weighted by Gasteiger charge is -2.13. The molecule has 0 spiro atoms. The first-order chi connectivity index (χ1) is 13.7. The van der Waals surface area contributed by atoms with E-state index in [0.29, 0.717) is 27.9 Å². The van der Waals surface area contributed by atoms with Crippen LogP contribution < -0.4 is 10.1 Å². The van der Waals surface area contributed by atoms with E-state index >= 15 is 0 Å². The van der Waals surface area contributed by atoms with Crippen molar-refractivity contribution in [1.82, 2.24) is 25.2 Å². The van der Waals surface area contributed by atoms with E-state index < -0.39 is 0 Å². The van der Waals surface area contributed by atoms with Gasteiger partial charge in [0.2, 0.25) is 0 Å². The predicted octanol–water partition coefficient (Wildman–Crippen LogP) is 3.23. The molecule has 0 atom stereocenters. The molecule has 28 heavy (non-hydrogen) atoms. The summed E-state index contributed by atoms with van der Waals surface area (Å²) in [6.45, 7) is 0. The fourth-order valence-electron chi connectivity index (χ4n) is 2.64. The van der Waals surface area contributed by atoms with Crippen molar-refractivity contribution in [2.75, 3.05) is 12.4 Å². The van der Waals surface area contributed by atoms with Crippen molar-refractivity contribution in [3.63, 3.8) is 0 Å². The second kappa shape index (κ2) is 7.49. The number of methoxy groups -OCH3 is 1. The highest BCUT2D eigenvalue weighted by Crippen LogP contribution is 2.30. The third kappa shape index (κ3) is 3.42. The number of aromatic nitrogens is 5. The Kier molecular flexibility index (Phi) is 4.73. The molecule has 0 aliphatic rings. The van der Waals surface area contributed by atoms with E-state index in [0.717, 1.165) is 5.56 Å². The van der Waals surface area contributed by atoms with Gasteiger partial charge in [-0.3, -0.25) is 4.79 Å². The summed E-state index contributed by atoms with van der Waals surface area (Å²) < 4.78 is 12.0. The number of anilines is 1. The number of amides is 1. The smallest absolute Gasteiger partial charge is 0.259 e. The number of tetrazole rings is 1. The number of hydrogen-bond acceptors (Lipinski definition) is 7. The molecule has 10 heteroatoms. The van der Waals surface area contributed by atoms with E-state index in [1.165, 1.54) is 30.6 Å². The highest BCUT2D eigenvalue weighted by Gasteiger charge is 2.18. The molecule has 0 radical (unpaired) electrons. The van der Waals surface area contributed by atoms with Gasteiger partial charge in [-0.25, -0.2) is 4.98 Å². The third-order valence-corrected chi connectivity index (χ3v) is 4.25. The summed E-state index contributed by atoms with van der Waals surface area (Å²) in [6, 6.07) is 10.3. The van der Waals surface area contributed by atoms with E-state index in [1.54, 1.807) is 30.5 Å². The normalized spacial score (nSPS) is 10.6. The number of ether oxygens (including phenoxy) is 1. The fourth-order valence-corrected chi connectivity index (χ4v) is 2.89. The van der Waals surface area contributed by atoms with Crippen molar-refractivity contribution in [2.45, 2.75) is 0 Å². The number of rotatable bonds is 5. The van der Waals surface area contributed by atoms with Crippen LogP contribution in [-0.4, -0.2) is 38.2 Å². The van der Waals surface area contributed by atoms with Crippen LogP contribution in [0.1, 0.15) is 10.4 Å². The highest BCUT2D eigenvalue weighted by atomic mass is 35.5. The highest BCUT2D eigenvalue weighted by molar-refractivity contribution is 6.33. The summed E-state index contributed by atoms with van der Waals surface area (Å²) in [4.78, 5) is 16.7. The molecule has 0 fully saturated rings. The van der Waals surface area contributed by atoms with Gasteiger partial charge in [0.1, 0.15) is 12.1 Å². The van der Waals surface area contributed by atoms with Gasteiger partial charge in [-0.15, -0.1) is 5.10 Å². The van der Waals surface area contributed by atoms with Crippen LogP contribution in [0.5, 0.6) is 5.75 Å². The minimum Gasteiger partial charge on any atom is -0.496 e. The Morgan fingerprint density at radius 3 is 2.89 bits per heavy atom. The van der Waals surface area contributed by atoms with Crippen LogP contribution in [0.4, 0.5) is 5.69 Å². The first-order valence-corrected chi connectivity index (χ1v) is 8.44. The molecular weight excluding hydrogens is 384 g/mol. The molecule has 9 nitrogen and oxygen atoms in total. The van der Waals surface area contributed by atoms with Crippen LogP contribution in [0.3, 0.4) is 0 Å². The Bertz CT molecular complexity index is 1110. The van der Waals surface area contributed by atoms with Gasteiger partial charge in [0.15, 0.2) is 12.2 Å². The van der Waals surface area contributed by atoms with Crippen molar-refractivity contribution in [3.05, 3.63) is 65.9 Å². The quantitative estimate of drug-likeness (QED) is 0.551. The predicted molar refractivity (Wildman–Crippen MR) is 101 cm³/mol. The van der Waals surface area contributed by atoms with Gasteiger partial charge in [-0.05, 0) is 28.6 Å². The molecule has 0 bridgehead atoms. The summed E-state index contributed by atoms with van der Waals surface area (Å²) in [6.07, 6.45) is 4.34. The molecule has 0 unspecified atom stereocenters. The summed E-state index contributed by atoms with van der Waals surface area (Å²) in [5, 5.41) is 14.1. The Balaban J connectivity index is 1.63. The number of hydrogen-bond donors (Lipinski definition) is 1. The maximum atomic E-state index is 12.8. The van der Waals surface area contributed by atoms with Crippen molar-refractivity contribution in [2.24, 2.45) is 0 Å². The Hall–Kier alpha value is -3.72. The first kappa shape index (κ1) is 17.7. The van der Waals surface area contributed by atoms with E-state index in [2.05, 4.69) is 25.8 Å². The lowest BCUT2D eigenvalue weighted by atomic mass is 10.1. The molecule has 0 saturated carbocycles. The molecule has 1 N–H and O–H groups in total. The minimum absolute atomic E-state index is 0.273. The van der Waals surface area contributed by atoms with Crippen LogP contribution in [0.25, 0.3) is 17.0 Å². The number of nitrogens with zero attached hydrogens (tertiary/aromatic N) is 5. The summed E-state index contributed by atoms with van der Waals surface area (Å²) in [5.74, 6) is 0.554. The lowest BCUT2D eigenvalue weighted by Crippen LogP contribution is -2.14. The lowest BCUT2D eigenvalue weighted by molar-refractivity contribution is 0.102. The maximum absolute atomic E-state index is 12.8. The van der Waals surface area contributed by atoms with E-state index in [1.807, 2.05) is 6.07 Å². The zero-order chi connectivity index (χ0) is 19.5. The van der Waals surface area contributed by atoms with Gasteiger partial charge in [-0.1, -0.05) is 23.7 Å². The number of oxazole rings is 1. The van der Waals surface area contributed by atoms with Crippen LogP contribution in [0, 0.1) is 0 Å². The van der Waals surface area contributed by atoms with Crippen molar-refractivity contribution < 1.29 is 13.9 Å². The zero-order valence-electron chi connectivity index (χ0n) is 14.5. The number of carbonyl (C=O) groups is 1. The van der Waals surface area contributed by atoms with Crippen molar-refractivity contribution in [1.29, 1.82) is 0 Å². The molecule has 2 aromatic carbocycles. The Morgan fingerprint density at radius 2 is 2.18 bits per heavy atom. The summed E-state index contributed by atoms with van der Waals surface area (Å²) in [7, 11) is 1.47. The number of carbonyl (C=O) groups excluding carboxylic acids is 1. The Labute approximate surface area is 163 Å². The average Bonchev–Trinajstić information content (AvgIpc) is 3.42. The minimum atomic E-state index is -0.378.